The number of benzene rings is 1. The molecular weight excluding hydrogens is 342 g/mol. The van der Waals surface area contributed by atoms with E-state index in [9.17, 15) is 13.2 Å². The maximum absolute atomic E-state index is 12.2. The third-order valence-corrected chi connectivity index (χ3v) is 7.61. The Morgan fingerprint density at radius 3 is 2.67 bits per heavy atom. The van der Waals surface area contributed by atoms with Gasteiger partial charge in [0, 0.05) is 12.8 Å². The number of Topliss-reactive ketones (excluding diaryl/α,β-unsaturated/α-hetero) is 1. The van der Waals surface area contributed by atoms with Crippen LogP contribution in [0.1, 0.15) is 50.7 Å². The average Bonchev–Trinajstić information content (AvgIpc) is 2.99. The summed E-state index contributed by atoms with van der Waals surface area (Å²) in [4.78, 5) is 16.5. The van der Waals surface area contributed by atoms with Crippen molar-refractivity contribution in [2.75, 3.05) is 5.75 Å². The molecule has 0 unspecified atom stereocenters. The van der Waals surface area contributed by atoms with E-state index in [-0.39, 0.29) is 16.8 Å². The third-order valence-electron chi connectivity index (χ3n) is 4.35. The van der Waals surface area contributed by atoms with E-state index in [4.69, 9.17) is 0 Å². The third kappa shape index (κ3) is 4.86. The molecule has 0 aliphatic carbocycles. The van der Waals surface area contributed by atoms with E-state index < -0.39 is 9.84 Å². The Hall–Kier alpha value is -1.27. The van der Waals surface area contributed by atoms with E-state index in [0.29, 0.717) is 19.3 Å². The van der Waals surface area contributed by atoms with Gasteiger partial charge in [-0.1, -0.05) is 12.5 Å². The van der Waals surface area contributed by atoms with Crippen molar-refractivity contribution in [3.8, 4) is 0 Å². The molecule has 1 heterocycles. The molecule has 0 spiro atoms. The van der Waals surface area contributed by atoms with Crippen molar-refractivity contribution in [3.05, 3.63) is 28.8 Å². The average molecular weight is 368 g/mol. The highest BCUT2D eigenvalue weighted by Gasteiger charge is 2.15. The van der Waals surface area contributed by atoms with Gasteiger partial charge in [0.05, 0.1) is 26.7 Å². The summed E-state index contributed by atoms with van der Waals surface area (Å²) >= 11 is 1.60. The van der Waals surface area contributed by atoms with Crippen molar-refractivity contribution in [2.45, 2.75) is 58.1 Å². The second-order valence-electron chi connectivity index (χ2n) is 6.49. The lowest BCUT2D eigenvalue weighted by Gasteiger charge is -2.08. The molecule has 132 valence electrons. The van der Waals surface area contributed by atoms with Gasteiger partial charge in [0.1, 0.15) is 5.78 Å². The van der Waals surface area contributed by atoms with Crippen molar-refractivity contribution in [1.82, 2.24) is 4.98 Å². The summed E-state index contributed by atoms with van der Waals surface area (Å²) in [5.74, 6) is 0.439. The number of unbranched alkanes of at least 4 members (excludes halogenated alkanes) is 2. The minimum absolute atomic E-state index is 0.216. The maximum Gasteiger partial charge on any atom is 0.152 e. The molecule has 0 N–H and O–H groups in total. The van der Waals surface area contributed by atoms with Gasteiger partial charge in [0.25, 0.3) is 0 Å². The van der Waals surface area contributed by atoms with Crippen LogP contribution in [-0.4, -0.2) is 30.2 Å². The molecule has 0 amide bonds. The maximum atomic E-state index is 12.2. The quantitative estimate of drug-likeness (QED) is 0.626. The zero-order valence-electron chi connectivity index (χ0n) is 14.5. The van der Waals surface area contributed by atoms with Crippen LogP contribution >= 0.6 is 11.3 Å². The molecule has 0 aliphatic heterocycles. The highest BCUT2D eigenvalue weighted by Crippen LogP contribution is 2.25. The number of carbonyl (C=O) groups is 1. The van der Waals surface area contributed by atoms with Gasteiger partial charge in [-0.05, 0) is 50.8 Å². The van der Waals surface area contributed by atoms with Crippen molar-refractivity contribution in [2.24, 2.45) is 0 Å². The number of hydrogen-bond donors (Lipinski definition) is 0. The van der Waals surface area contributed by atoms with Crippen molar-refractivity contribution >= 4 is 37.2 Å². The lowest BCUT2D eigenvalue weighted by atomic mass is 10.00. The van der Waals surface area contributed by atoms with Gasteiger partial charge in [-0.3, -0.25) is 4.79 Å². The predicted molar refractivity (Wildman–Crippen MR) is 100 cm³/mol. The summed E-state index contributed by atoms with van der Waals surface area (Å²) in [7, 11) is -2.96. The predicted octanol–water partition coefficient (Wildman–Crippen LogP) is 4.10. The van der Waals surface area contributed by atoms with E-state index in [1.165, 1.54) is 0 Å². The van der Waals surface area contributed by atoms with E-state index in [1.807, 2.05) is 24.6 Å². The Morgan fingerprint density at radius 2 is 1.96 bits per heavy atom. The Kier molecular flexibility index (Phi) is 6.52. The first kappa shape index (κ1) is 19.1. The van der Waals surface area contributed by atoms with Crippen molar-refractivity contribution in [3.63, 3.8) is 0 Å². The van der Waals surface area contributed by atoms with Gasteiger partial charge in [0.2, 0.25) is 0 Å². The molecule has 2 rings (SSSR count). The summed E-state index contributed by atoms with van der Waals surface area (Å²) < 4.78 is 24.6. The second kappa shape index (κ2) is 8.21. The van der Waals surface area contributed by atoms with Crippen LogP contribution in [-0.2, 0) is 21.1 Å². The molecule has 0 aliphatic rings. The van der Waals surface area contributed by atoms with E-state index in [2.05, 4.69) is 4.98 Å². The van der Waals surface area contributed by atoms with E-state index in [0.717, 1.165) is 34.2 Å². The molecule has 4 nitrogen and oxygen atoms in total. The zero-order chi connectivity index (χ0) is 17.7. The summed E-state index contributed by atoms with van der Waals surface area (Å²) in [6.07, 6.45) is 3.14. The lowest BCUT2D eigenvalue weighted by molar-refractivity contribution is -0.118. The minimum Gasteiger partial charge on any atom is -0.299 e. The van der Waals surface area contributed by atoms with Gasteiger partial charge in [-0.2, -0.15) is 0 Å². The largest absolute Gasteiger partial charge is 0.299 e. The standard InChI is InChI=1S/C18H25NO3S2/c1-13(2)24(21,22)10-6-4-5-7-16(20)11-15-8-9-17-18(14(15)3)23-12-19-17/h8-9,12-13H,4-7,10-11H2,1-3H3. The normalized spacial score (nSPS) is 12.2. The fraction of sp³-hybridized carbons (Fsp3) is 0.556. The summed E-state index contributed by atoms with van der Waals surface area (Å²) in [6, 6.07) is 3.96. The van der Waals surface area contributed by atoms with Crippen LogP contribution in [0.4, 0.5) is 0 Å². The van der Waals surface area contributed by atoms with Crippen LogP contribution in [0.25, 0.3) is 10.2 Å². The van der Waals surface area contributed by atoms with Crippen LogP contribution < -0.4 is 0 Å². The SMILES string of the molecule is Cc1c(CC(=O)CCCCCS(=O)(=O)C(C)C)ccc2ncsc12. The highest BCUT2D eigenvalue weighted by atomic mass is 32.2. The summed E-state index contributed by atoms with van der Waals surface area (Å²) in [5.41, 5.74) is 5.03. The van der Waals surface area contributed by atoms with Crippen LogP contribution in [0.2, 0.25) is 0 Å². The van der Waals surface area contributed by atoms with E-state index >= 15 is 0 Å². The first-order valence-electron chi connectivity index (χ1n) is 8.36. The topological polar surface area (TPSA) is 64.1 Å². The van der Waals surface area contributed by atoms with Gasteiger partial charge in [0.15, 0.2) is 9.84 Å². The molecule has 6 heteroatoms. The number of fused-ring (bicyclic) bond motifs is 1. The van der Waals surface area contributed by atoms with Crippen LogP contribution in [0.3, 0.4) is 0 Å². The molecule has 1 aromatic heterocycles. The number of ketones is 1. The van der Waals surface area contributed by atoms with Gasteiger partial charge in [-0.15, -0.1) is 11.3 Å². The highest BCUT2D eigenvalue weighted by molar-refractivity contribution is 7.91. The van der Waals surface area contributed by atoms with Gasteiger partial charge < -0.3 is 0 Å². The van der Waals surface area contributed by atoms with Gasteiger partial charge >= 0.3 is 0 Å². The monoisotopic (exact) mass is 367 g/mol. The molecular formula is C18H25NO3S2. The molecule has 1 aromatic carbocycles. The smallest absolute Gasteiger partial charge is 0.152 e. The van der Waals surface area contributed by atoms with Crippen molar-refractivity contribution < 1.29 is 13.2 Å². The lowest BCUT2D eigenvalue weighted by Crippen LogP contribution is -2.17. The molecule has 0 radical (unpaired) electrons. The fourth-order valence-electron chi connectivity index (χ4n) is 2.63. The number of aryl methyl sites for hydroxylation is 1. The van der Waals surface area contributed by atoms with Crippen molar-refractivity contribution in [1.29, 1.82) is 0 Å². The first-order chi connectivity index (χ1) is 11.3. The number of nitrogens with zero attached hydrogens (tertiary/aromatic N) is 1. The Morgan fingerprint density at radius 1 is 1.21 bits per heavy atom. The summed E-state index contributed by atoms with van der Waals surface area (Å²) in [6.45, 7) is 5.46. The zero-order valence-corrected chi connectivity index (χ0v) is 16.2. The summed E-state index contributed by atoms with van der Waals surface area (Å²) in [5, 5.41) is -0.316. The van der Waals surface area contributed by atoms with Crippen LogP contribution in [0, 0.1) is 6.92 Å². The Balaban J connectivity index is 1.78. The van der Waals surface area contributed by atoms with Crippen LogP contribution in [0.5, 0.6) is 0 Å². The number of sulfone groups is 1. The first-order valence-corrected chi connectivity index (χ1v) is 11.0. The fourth-order valence-corrected chi connectivity index (χ4v) is 4.53. The van der Waals surface area contributed by atoms with E-state index in [1.54, 1.807) is 25.2 Å². The molecule has 0 saturated heterocycles. The number of aromatic nitrogens is 1. The molecule has 0 atom stereocenters. The number of thiazole rings is 1. The van der Waals surface area contributed by atoms with Gasteiger partial charge in [-0.25, -0.2) is 13.4 Å². The molecule has 24 heavy (non-hydrogen) atoms. The second-order valence-corrected chi connectivity index (χ2v) is 10.0. The molecule has 0 fully saturated rings. The Bertz CT molecular complexity index is 807. The molecule has 0 saturated carbocycles. The number of hydrogen-bond acceptors (Lipinski definition) is 5. The molecule has 0 bridgehead atoms. The minimum atomic E-state index is -2.96. The number of rotatable bonds is 9. The molecule has 2 aromatic rings. The van der Waals surface area contributed by atoms with Crippen LogP contribution in [0.15, 0.2) is 17.6 Å². The number of carbonyl (C=O) groups excluding carboxylic acids is 1. The Labute approximate surface area is 148 Å².